The molecule has 0 aliphatic carbocycles. The first-order valence-electron chi connectivity index (χ1n) is 5.54. The SMILES string of the molecule is CC1=N[NH+](c2cc(-c3ccccc3)n[nH]2)C=C1. The summed E-state index contributed by atoms with van der Waals surface area (Å²) in [6, 6.07) is 12.1. The standard InChI is InChI=1S/C13H12N4/c1-10-7-8-17(16-10)13-9-12(14-15-13)11-5-3-2-4-6-11/h2-9H,1H3,(H,14,15)/p+1. The maximum atomic E-state index is 4.42. The number of nitrogens with one attached hydrogen (secondary N) is 2. The van der Waals surface area contributed by atoms with E-state index in [2.05, 4.69) is 15.3 Å². The first kappa shape index (κ1) is 9.99. The van der Waals surface area contributed by atoms with Crippen LogP contribution in [0.2, 0.25) is 0 Å². The van der Waals surface area contributed by atoms with Crippen LogP contribution in [0, 0.1) is 0 Å². The van der Waals surface area contributed by atoms with Gasteiger partial charge >= 0.3 is 0 Å². The quantitative estimate of drug-likeness (QED) is 0.799. The number of aromatic nitrogens is 2. The molecule has 84 valence electrons. The molecule has 0 saturated heterocycles. The smallest absolute Gasteiger partial charge is 0.229 e. The van der Waals surface area contributed by atoms with Gasteiger partial charge in [-0.1, -0.05) is 35.4 Å². The summed E-state index contributed by atoms with van der Waals surface area (Å²) in [7, 11) is 0. The molecule has 0 bridgehead atoms. The van der Waals surface area contributed by atoms with E-state index in [0.717, 1.165) is 27.8 Å². The van der Waals surface area contributed by atoms with Crippen molar-refractivity contribution in [1.29, 1.82) is 0 Å². The molecule has 1 aromatic heterocycles. The zero-order valence-corrected chi connectivity index (χ0v) is 9.51. The molecule has 0 fully saturated rings. The van der Waals surface area contributed by atoms with Crippen molar-refractivity contribution in [3.8, 4) is 11.3 Å². The summed E-state index contributed by atoms with van der Waals surface area (Å²) in [6.07, 6.45) is 4.00. The molecule has 3 rings (SSSR count). The van der Waals surface area contributed by atoms with Crippen LogP contribution in [-0.4, -0.2) is 15.9 Å². The summed E-state index contributed by atoms with van der Waals surface area (Å²) < 4.78 is 0. The van der Waals surface area contributed by atoms with Gasteiger partial charge in [0.15, 0.2) is 0 Å². The molecule has 4 nitrogen and oxygen atoms in total. The van der Waals surface area contributed by atoms with Gasteiger partial charge in [-0.25, -0.2) is 5.10 Å². The Bertz CT molecular complexity index is 580. The lowest BCUT2D eigenvalue weighted by Gasteiger charge is -1.97. The van der Waals surface area contributed by atoms with Crippen LogP contribution < -0.4 is 5.01 Å². The molecule has 1 aliphatic heterocycles. The molecule has 17 heavy (non-hydrogen) atoms. The molecule has 4 heteroatoms. The van der Waals surface area contributed by atoms with E-state index < -0.39 is 0 Å². The number of hydrogen-bond donors (Lipinski definition) is 2. The fourth-order valence-electron chi connectivity index (χ4n) is 1.82. The Balaban J connectivity index is 1.92. The molecule has 1 aromatic carbocycles. The summed E-state index contributed by atoms with van der Waals surface area (Å²) in [5.74, 6) is 0.956. The molecule has 2 heterocycles. The second-order valence-corrected chi connectivity index (χ2v) is 4.00. The van der Waals surface area contributed by atoms with E-state index in [4.69, 9.17) is 0 Å². The van der Waals surface area contributed by atoms with Gasteiger partial charge in [-0.2, -0.15) is 5.10 Å². The fraction of sp³-hybridized carbons (Fsp3) is 0.0769. The van der Waals surface area contributed by atoms with Crippen molar-refractivity contribution in [2.75, 3.05) is 0 Å². The van der Waals surface area contributed by atoms with Crippen LogP contribution in [0.3, 0.4) is 0 Å². The first-order valence-corrected chi connectivity index (χ1v) is 5.54. The predicted molar refractivity (Wildman–Crippen MR) is 66.9 cm³/mol. The van der Waals surface area contributed by atoms with Crippen molar-refractivity contribution in [3.63, 3.8) is 0 Å². The minimum absolute atomic E-state index is 0.942. The highest BCUT2D eigenvalue weighted by Gasteiger charge is 2.17. The molecule has 1 aliphatic rings. The van der Waals surface area contributed by atoms with E-state index >= 15 is 0 Å². The van der Waals surface area contributed by atoms with Crippen LogP contribution in [0.5, 0.6) is 0 Å². The van der Waals surface area contributed by atoms with Crippen LogP contribution in [-0.2, 0) is 0 Å². The Morgan fingerprint density at radius 2 is 2.00 bits per heavy atom. The Morgan fingerprint density at radius 3 is 2.71 bits per heavy atom. The topological polar surface area (TPSA) is 45.5 Å². The van der Waals surface area contributed by atoms with Crippen molar-refractivity contribution in [2.24, 2.45) is 5.10 Å². The van der Waals surface area contributed by atoms with Gasteiger partial charge in [-0.05, 0) is 6.92 Å². The lowest BCUT2D eigenvalue weighted by molar-refractivity contribution is -0.782. The highest BCUT2D eigenvalue weighted by molar-refractivity contribution is 5.92. The third kappa shape index (κ3) is 1.90. The van der Waals surface area contributed by atoms with E-state index in [0.29, 0.717) is 0 Å². The molecule has 0 spiro atoms. The van der Waals surface area contributed by atoms with Gasteiger partial charge in [0.05, 0.1) is 17.5 Å². The molecule has 0 radical (unpaired) electrons. The van der Waals surface area contributed by atoms with E-state index in [9.17, 15) is 0 Å². The number of nitrogens with zero attached hydrogens (tertiary/aromatic N) is 2. The second kappa shape index (κ2) is 3.99. The molecule has 1 unspecified atom stereocenters. The molecule has 1 atom stereocenters. The number of aromatic amines is 1. The Morgan fingerprint density at radius 1 is 1.18 bits per heavy atom. The van der Waals surface area contributed by atoms with Crippen LogP contribution in [0.25, 0.3) is 11.3 Å². The van der Waals surface area contributed by atoms with Crippen molar-refractivity contribution in [1.82, 2.24) is 10.2 Å². The normalized spacial score (nSPS) is 18.4. The zero-order chi connectivity index (χ0) is 11.7. The number of allylic oxidation sites excluding steroid dienone is 1. The van der Waals surface area contributed by atoms with Gasteiger partial charge in [0.25, 0.3) is 5.82 Å². The van der Waals surface area contributed by atoms with Crippen LogP contribution in [0.1, 0.15) is 6.92 Å². The van der Waals surface area contributed by atoms with Gasteiger partial charge in [0.2, 0.25) is 0 Å². The molecule has 2 aromatic rings. The third-order valence-corrected chi connectivity index (χ3v) is 2.70. The fourth-order valence-corrected chi connectivity index (χ4v) is 1.82. The maximum absolute atomic E-state index is 4.42. The second-order valence-electron chi connectivity index (χ2n) is 4.00. The molecule has 0 saturated carbocycles. The Hall–Kier alpha value is -2.20. The largest absolute Gasteiger partial charge is 0.253 e. The summed E-state index contributed by atoms with van der Waals surface area (Å²) >= 11 is 0. The van der Waals surface area contributed by atoms with Gasteiger partial charge in [0, 0.05) is 11.6 Å². The highest BCUT2D eigenvalue weighted by Crippen LogP contribution is 2.17. The van der Waals surface area contributed by atoms with Crippen LogP contribution >= 0.6 is 0 Å². The summed E-state index contributed by atoms with van der Waals surface area (Å²) in [6.45, 7) is 1.98. The minimum atomic E-state index is 0.942. The number of hydrogen-bond acceptors (Lipinski definition) is 2. The van der Waals surface area contributed by atoms with Gasteiger partial charge in [-0.15, -0.1) is 5.01 Å². The van der Waals surface area contributed by atoms with Crippen molar-refractivity contribution >= 4 is 11.5 Å². The van der Waals surface area contributed by atoms with Gasteiger partial charge in [-0.3, -0.25) is 0 Å². The monoisotopic (exact) mass is 225 g/mol. The Kier molecular flexibility index (Phi) is 2.34. The molecular formula is C13H13N4+. The van der Waals surface area contributed by atoms with Crippen LogP contribution in [0.4, 0.5) is 5.82 Å². The van der Waals surface area contributed by atoms with Gasteiger partial charge in [0.1, 0.15) is 6.20 Å². The van der Waals surface area contributed by atoms with Crippen molar-refractivity contribution < 1.29 is 5.01 Å². The summed E-state index contributed by atoms with van der Waals surface area (Å²) in [5.41, 5.74) is 3.08. The van der Waals surface area contributed by atoms with E-state index in [1.807, 2.05) is 55.6 Å². The summed E-state index contributed by atoms with van der Waals surface area (Å²) in [4.78, 5) is 0. The average Bonchev–Trinajstić information content (AvgIpc) is 2.98. The minimum Gasteiger partial charge on any atom is -0.229 e. The van der Waals surface area contributed by atoms with Crippen LogP contribution in [0.15, 0.2) is 53.8 Å². The number of H-pyrrole nitrogens is 1. The van der Waals surface area contributed by atoms with Crippen molar-refractivity contribution in [3.05, 3.63) is 48.7 Å². The van der Waals surface area contributed by atoms with E-state index in [-0.39, 0.29) is 0 Å². The molecular weight excluding hydrogens is 212 g/mol. The lowest BCUT2D eigenvalue weighted by Crippen LogP contribution is -2.96. The number of quaternary nitrogens is 1. The summed E-state index contributed by atoms with van der Waals surface area (Å²) in [5, 5.41) is 12.7. The average molecular weight is 225 g/mol. The third-order valence-electron chi connectivity index (χ3n) is 2.70. The van der Waals surface area contributed by atoms with Gasteiger partial charge < -0.3 is 0 Å². The predicted octanol–water partition coefficient (Wildman–Crippen LogP) is 1.50. The van der Waals surface area contributed by atoms with E-state index in [1.54, 1.807) is 0 Å². The molecule has 0 amide bonds. The maximum Gasteiger partial charge on any atom is 0.253 e. The zero-order valence-electron chi connectivity index (χ0n) is 9.51. The Labute approximate surface area is 99.3 Å². The van der Waals surface area contributed by atoms with E-state index in [1.165, 1.54) is 0 Å². The van der Waals surface area contributed by atoms with Crippen molar-refractivity contribution in [2.45, 2.75) is 6.92 Å². The molecule has 2 N–H and O–H groups in total. The first-order chi connectivity index (χ1) is 8.33. The highest BCUT2D eigenvalue weighted by atomic mass is 15.5. The number of benzene rings is 1. The lowest BCUT2D eigenvalue weighted by atomic mass is 10.2. The number of rotatable bonds is 2.